The van der Waals surface area contributed by atoms with Crippen LogP contribution in [0.4, 0.5) is 5.82 Å². The molecule has 1 amide bonds. The van der Waals surface area contributed by atoms with Crippen molar-refractivity contribution in [1.82, 2.24) is 9.55 Å². The summed E-state index contributed by atoms with van der Waals surface area (Å²) < 4.78 is 7.28. The summed E-state index contributed by atoms with van der Waals surface area (Å²) in [5.41, 5.74) is -0.321. The Bertz CT molecular complexity index is 535. The number of hydrogen-bond acceptors (Lipinski definition) is 4. The average molecular weight is 293 g/mol. The first-order valence-corrected chi connectivity index (χ1v) is 7.59. The molecule has 1 aliphatic rings. The highest BCUT2D eigenvalue weighted by atomic mass is 16.5. The van der Waals surface area contributed by atoms with Crippen LogP contribution in [-0.4, -0.2) is 27.7 Å². The van der Waals surface area contributed by atoms with Crippen LogP contribution >= 0.6 is 0 Å². The Morgan fingerprint density at radius 2 is 2.19 bits per heavy atom. The van der Waals surface area contributed by atoms with Gasteiger partial charge in [-0.1, -0.05) is 26.2 Å². The zero-order chi connectivity index (χ0) is 15.2. The van der Waals surface area contributed by atoms with Crippen LogP contribution in [0.15, 0.2) is 17.2 Å². The highest BCUT2D eigenvalue weighted by Crippen LogP contribution is 2.22. The molecule has 0 aliphatic heterocycles. The first-order valence-electron chi connectivity index (χ1n) is 7.59. The second-order valence-corrected chi connectivity index (χ2v) is 5.47. The Morgan fingerprint density at radius 3 is 2.86 bits per heavy atom. The van der Waals surface area contributed by atoms with Gasteiger partial charge in [-0.25, -0.2) is 4.98 Å². The fourth-order valence-electron chi connectivity index (χ4n) is 2.56. The Balaban J connectivity index is 1.99. The summed E-state index contributed by atoms with van der Waals surface area (Å²) in [5, 5.41) is 2.58. The second kappa shape index (κ2) is 7.36. The maximum absolute atomic E-state index is 12.3. The molecule has 2 rings (SSSR count). The number of ether oxygens (including phenoxy) is 1. The molecule has 6 heteroatoms. The van der Waals surface area contributed by atoms with Crippen LogP contribution < -0.4 is 10.9 Å². The predicted octanol–water partition coefficient (Wildman–Crippen LogP) is 1.85. The SMILES string of the molecule is CCC(OC1CCCCC1)C(=O)Nc1nccn(C)c1=O. The topological polar surface area (TPSA) is 73.2 Å². The molecule has 6 nitrogen and oxygen atoms in total. The van der Waals surface area contributed by atoms with Gasteiger partial charge in [-0.2, -0.15) is 0 Å². The lowest BCUT2D eigenvalue weighted by molar-refractivity contribution is -0.132. The molecule has 0 radical (unpaired) electrons. The second-order valence-electron chi connectivity index (χ2n) is 5.47. The van der Waals surface area contributed by atoms with E-state index in [1.807, 2.05) is 6.92 Å². The highest BCUT2D eigenvalue weighted by molar-refractivity contribution is 5.93. The number of amides is 1. The van der Waals surface area contributed by atoms with Crippen LogP contribution in [0.1, 0.15) is 45.4 Å². The van der Waals surface area contributed by atoms with Crippen molar-refractivity contribution in [2.45, 2.75) is 57.7 Å². The standard InChI is InChI=1S/C15H23N3O3/c1-3-12(21-11-7-5-4-6-8-11)14(19)17-13-15(20)18(2)10-9-16-13/h9-12H,3-8H2,1-2H3,(H,16,17,19). The number of rotatable bonds is 5. The molecule has 0 spiro atoms. The first kappa shape index (κ1) is 15.7. The van der Waals surface area contributed by atoms with Crippen LogP contribution in [0, 0.1) is 0 Å². The Hall–Kier alpha value is -1.69. The van der Waals surface area contributed by atoms with Gasteiger partial charge in [0.1, 0.15) is 6.10 Å². The number of anilines is 1. The zero-order valence-corrected chi connectivity index (χ0v) is 12.7. The molecule has 1 saturated carbocycles. The van der Waals surface area contributed by atoms with Gasteiger partial charge in [0.25, 0.3) is 11.5 Å². The van der Waals surface area contributed by atoms with Crippen molar-refractivity contribution in [3.63, 3.8) is 0 Å². The lowest BCUT2D eigenvalue weighted by Gasteiger charge is -2.26. The van der Waals surface area contributed by atoms with E-state index in [1.165, 1.54) is 17.2 Å². The van der Waals surface area contributed by atoms with Crippen molar-refractivity contribution >= 4 is 11.7 Å². The van der Waals surface area contributed by atoms with Crippen molar-refractivity contribution in [2.75, 3.05) is 5.32 Å². The number of hydrogen-bond donors (Lipinski definition) is 1. The van der Waals surface area contributed by atoms with E-state index in [-0.39, 0.29) is 23.4 Å². The monoisotopic (exact) mass is 293 g/mol. The summed E-state index contributed by atoms with van der Waals surface area (Å²) >= 11 is 0. The van der Waals surface area contributed by atoms with Crippen LogP contribution in [0.5, 0.6) is 0 Å². The maximum atomic E-state index is 12.3. The molecule has 116 valence electrons. The van der Waals surface area contributed by atoms with Gasteiger partial charge in [0.05, 0.1) is 6.10 Å². The first-order chi connectivity index (χ1) is 10.1. The van der Waals surface area contributed by atoms with E-state index in [1.54, 1.807) is 13.2 Å². The van der Waals surface area contributed by atoms with Crippen molar-refractivity contribution in [3.8, 4) is 0 Å². The molecule has 1 fully saturated rings. The fraction of sp³-hybridized carbons (Fsp3) is 0.667. The number of carbonyl (C=O) groups excluding carboxylic acids is 1. The van der Waals surface area contributed by atoms with Gasteiger partial charge >= 0.3 is 0 Å². The molecule has 0 bridgehead atoms. The number of aryl methyl sites for hydroxylation is 1. The van der Waals surface area contributed by atoms with Gasteiger partial charge in [0, 0.05) is 19.4 Å². The lowest BCUT2D eigenvalue weighted by Crippen LogP contribution is -2.36. The molecule has 0 aromatic carbocycles. The average Bonchev–Trinajstić information content (AvgIpc) is 2.50. The molecule has 1 aliphatic carbocycles. The van der Waals surface area contributed by atoms with Gasteiger partial charge in [-0.3, -0.25) is 9.59 Å². The third-order valence-electron chi connectivity index (χ3n) is 3.83. The molecule has 1 N–H and O–H groups in total. The van der Waals surface area contributed by atoms with E-state index in [0.717, 1.165) is 25.7 Å². The number of nitrogens with zero attached hydrogens (tertiary/aromatic N) is 2. The minimum absolute atomic E-state index is 0.0516. The number of aromatic nitrogens is 2. The van der Waals surface area contributed by atoms with E-state index >= 15 is 0 Å². The van der Waals surface area contributed by atoms with E-state index in [0.29, 0.717) is 6.42 Å². The van der Waals surface area contributed by atoms with Gasteiger partial charge in [-0.15, -0.1) is 0 Å². The van der Waals surface area contributed by atoms with Gasteiger partial charge < -0.3 is 14.6 Å². The molecular formula is C15H23N3O3. The van der Waals surface area contributed by atoms with Crippen molar-refractivity contribution < 1.29 is 9.53 Å². The van der Waals surface area contributed by atoms with Crippen LogP contribution in [0.2, 0.25) is 0 Å². The van der Waals surface area contributed by atoms with E-state index in [4.69, 9.17) is 4.74 Å². The normalized spacial score (nSPS) is 17.4. The molecule has 1 aromatic rings. The number of nitrogens with one attached hydrogen (secondary N) is 1. The van der Waals surface area contributed by atoms with Crippen molar-refractivity contribution in [2.24, 2.45) is 7.05 Å². The van der Waals surface area contributed by atoms with Crippen molar-refractivity contribution in [1.29, 1.82) is 0 Å². The summed E-state index contributed by atoms with van der Waals surface area (Å²) in [4.78, 5) is 28.0. The van der Waals surface area contributed by atoms with Gasteiger partial charge in [0.2, 0.25) is 0 Å². The summed E-state index contributed by atoms with van der Waals surface area (Å²) in [6, 6.07) is 0. The third kappa shape index (κ3) is 4.14. The number of carbonyl (C=O) groups is 1. The largest absolute Gasteiger partial charge is 0.365 e. The maximum Gasteiger partial charge on any atom is 0.293 e. The molecule has 1 unspecified atom stereocenters. The molecule has 1 atom stereocenters. The quantitative estimate of drug-likeness (QED) is 0.899. The highest BCUT2D eigenvalue weighted by Gasteiger charge is 2.24. The molecular weight excluding hydrogens is 270 g/mol. The minimum Gasteiger partial charge on any atom is -0.365 e. The zero-order valence-electron chi connectivity index (χ0n) is 12.7. The van der Waals surface area contributed by atoms with Crippen LogP contribution in [0.25, 0.3) is 0 Å². The van der Waals surface area contributed by atoms with Crippen LogP contribution in [0.3, 0.4) is 0 Å². The Kier molecular flexibility index (Phi) is 5.50. The third-order valence-corrected chi connectivity index (χ3v) is 3.83. The van der Waals surface area contributed by atoms with Crippen LogP contribution in [-0.2, 0) is 16.6 Å². The summed E-state index contributed by atoms with van der Waals surface area (Å²) in [7, 11) is 1.62. The van der Waals surface area contributed by atoms with E-state index in [9.17, 15) is 9.59 Å². The lowest BCUT2D eigenvalue weighted by atomic mass is 9.97. The van der Waals surface area contributed by atoms with Gasteiger partial charge in [0.15, 0.2) is 5.82 Å². The van der Waals surface area contributed by atoms with Crippen molar-refractivity contribution in [3.05, 3.63) is 22.7 Å². The fourth-order valence-corrected chi connectivity index (χ4v) is 2.56. The summed E-state index contributed by atoms with van der Waals surface area (Å²) in [6.45, 7) is 1.91. The minimum atomic E-state index is -0.528. The molecule has 0 saturated heterocycles. The van der Waals surface area contributed by atoms with E-state index in [2.05, 4.69) is 10.3 Å². The smallest absolute Gasteiger partial charge is 0.293 e. The molecule has 1 heterocycles. The summed E-state index contributed by atoms with van der Waals surface area (Å²) in [6.07, 6.45) is 8.81. The van der Waals surface area contributed by atoms with E-state index < -0.39 is 6.10 Å². The Morgan fingerprint density at radius 1 is 1.48 bits per heavy atom. The molecule has 21 heavy (non-hydrogen) atoms. The molecule has 1 aromatic heterocycles. The summed E-state index contributed by atoms with van der Waals surface area (Å²) in [5.74, 6) is -0.241. The predicted molar refractivity (Wildman–Crippen MR) is 80.1 cm³/mol. The Labute approximate surface area is 124 Å². The van der Waals surface area contributed by atoms with Gasteiger partial charge in [-0.05, 0) is 19.3 Å².